The standard InChI is InChI=1S/C10H12O3/c1-7(11)8-3-2-4-9-10(8)13-6-5-12-9/h2-4,7,11H,5-6H2,1H3/t7-/m0/s1. The maximum absolute atomic E-state index is 9.44. The van der Waals surface area contributed by atoms with E-state index in [1.165, 1.54) is 0 Å². The molecule has 70 valence electrons. The maximum atomic E-state index is 9.44. The van der Waals surface area contributed by atoms with E-state index in [0.717, 1.165) is 11.3 Å². The monoisotopic (exact) mass is 180 g/mol. The highest BCUT2D eigenvalue weighted by atomic mass is 16.6. The predicted octanol–water partition coefficient (Wildman–Crippen LogP) is 1.51. The summed E-state index contributed by atoms with van der Waals surface area (Å²) in [5.74, 6) is 1.41. The van der Waals surface area contributed by atoms with Gasteiger partial charge in [0.25, 0.3) is 0 Å². The second kappa shape index (κ2) is 3.26. The van der Waals surface area contributed by atoms with Crippen molar-refractivity contribution in [3.8, 4) is 11.5 Å². The molecule has 0 bridgehead atoms. The fourth-order valence-corrected chi connectivity index (χ4v) is 1.43. The summed E-state index contributed by atoms with van der Waals surface area (Å²) in [6.07, 6.45) is -0.517. The van der Waals surface area contributed by atoms with Crippen LogP contribution in [-0.4, -0.2) is 18.3 Å². The lowest BCUT2D eigenvalue weighted by Gasteiger charge is -2.21. The van der Waals surface area contributed by atoms with E-state index in [1.807, 2.05) is 18.2 Å². The number of benzene rings is 1. The number of ether oxygens (including phenoxy) is 2. The third kappa shape index (κ3) is 1.47. The molecule has 0 aromatic heterocycles. The van der Waals surface area contributed by atoms with E-state index >= 15 is 0 Å². The van der Waals surface area contributed by atoms with E-state index in [-0.39, 0.29) is 0 Å². The summed E-state index contributed by atoms with van der Waals surface area (Å²) in [5.41, 5.74) is 0.789. The van der Waals surface area contributed by atoms with E-state index in [4.69, 9.17) is 9.47 Å². The molecule has 1 atom stereocenters. The molecule has 0 unspecified atom stereocenters. The highest BCUT2D eigenvalue weighted by Crippen LogP contribution is 2.36. The van der Waals surface area contributed by atoms with Crippen molar-refractivity contribution in [1.29, 1.82) is 0 Å². The van der Waals surface area contributed by atoms with Crippen molar-refractivity contribution >= 4 is 0 Å². The molecule has 3 nitrogen and oxygen atoms in total. The molecule has 1 aliphatic heterocycles. The quantitative estimate of drug-likeness (QED) is 0.712. The minimum absolute atomic E-state index is 0.517. The largest absolute Gasteiger partial charge is 0.486 e. The zero-order valence-corrected chi connectivity index (χ0v) is 7.49. The topological polar surface area (TPSA) is 38.7 Å². The highest BCUT2D eigenvalue weighted by molar-refractivity contribution is 5.48. The highest BCUT2D eigenvalue weighted by Gasteiger charge is 2.17. The number of hydrogen-bond acceptors (Lipinski definition) is 3. The molecule has 0 amide bonds. The van der Waals surface area contributed by atoms with Crippen molar-refractivity contribution in [2.75, 3.05) is 13.2 Å². The summed E-state index contributed by atoms with van der Waals surface area (Å²) in [5, 5.41) is 9.44. The van der Waals surface area contributed by atoms with Gasteiger partial charge in [0.2, 0.25) is 0 Å². The van der Waals surface area contributed by atoms with Gasteiger partial charge in [-0.25, -0.2) is 0 Å². The number of fused-ring (bicyclic) bond motifs is 1. The van der Waals surface area contributed by atoms with Crippen molar-refractivity contribution in [3.63, 3.8) is 0 Å². The van der Waals surface area contributed by atoms with Gasteiger partial charge in [-0.1, -0.05) is 12.1 Å². The van der Waals surface area contributed by atoms with Crippen LogP contribution in [0.5, 0.6) is 11.5 Å². The Labute approximate surface area is 76.9 Å². The van der Waals surface area contributed by atoms with E-state index in [1.54, 1.807) is 6.92 Å². The Balaban J connectivity index is 2.46. The summed E-state index contributed by atoms with van der Waals surface area (Å²) in [4.78, 5) is 0. The van der Waals surface area contributed by atoms with E-state index < -0.39 is 6.10 Å². The van der Waals surface area contributed by atoms with Crippen molar-refractivity contribution in [3.05, 3.63) is 23.8 Å². The third-order valence-electron chi connectivity index (χ3n) is 2.05. The Morgan fingerprint density at radius 3 is 2.85 bits per heavy atom. The minimum Gasteiger partial charge on any atom is -0.486 e. The van der Waals surface area contributed by atoms with Crippen molar-refractivity contribution in [2.24, 2.45) is 0 Å². The summed E-state index contributed by atoms with van der Waals surface area (Å²) in [6.45, 7) is 2.85. The molecule has 0 saturated heterocycles. The lowest BCUT2D eigenvalue weighted by atomic mass is 10.1. The molecule has 1 N–H and O–H groups in total. The van der Waals surface area contributed by atoms with Crippen LogP contribution >= 0.6 is 0 Å². The average Bonchev–Trinajstić information content (AvgIpc) is 2.17. The second-order valence-electron chi connectivity index (χ2n) is 3.05. The van der Waals surface area contributed by atoms with Crippen molar-refractivity contribution < 1.29 is 14.6 Å². The van der Waals surface area contributed by atoms with Gasteiger partial charge >= 0.3 is 0 Å². The molecule has 1 aromatic carbocycles. The maximum Gasteiger partial charge on any atom is 0.167 e. The lowest BCUT2D eigenvalue weighted by Crippen LogP contribution is -2.16. The first-order valence-corrected chi connectivity index (χ1v) is 4.35. The molecule has 0 saturated carbocycles. The summed E-state index contributed by atoms with van der Waals surface area (Å²) < 4.78 is 10.8. The zero-order valence-electron chi connectivity index (χ0n) is 7.49. The van der Waals surface area contributed by atoms with E-state index in [2.05, 4.69) is 0 Å². The van der Waals surface area contributed by atoms with Crippen LogP contribution in [0.2, 0.25) is 0 Å². The molecule has 0 spiro atoms. The summed E-state index contributed by atoms with van der Waals surface area (Å²) in [7, 11) is 0. The number of aliphatic hydroxyl groups is 1. The zero-order chi connectivity index (χ0) is 9.26. The van der Waals surface area contributed by atoms with Crippen LogP contribution in [0.25, 0.3) is 0 Å². The van der Waals surface area contributed by atoms with Gasteiger partial charge in [-0.2, -0.15) is 0 Å². The van der Waals surface area contributed by atoms with Crippen LogP contribution in [0.4, 0.5) is 0 Å². The fourth-order valence-electron chi connectivity index (χ4n) is 1.43. The summed E-state index contributed by atoms with van der Waals surface area (Å²) in [6, 6.07) is 5.55. The van der Waals surface area contributed by atoms with Crippen molar-refractivity contribution in [1.82, 2.24) is 0 Å². The molecular formula is C10H12O3. The first-order valence-electron chi connectivity index (χ1n) is 4.35. The van der Waals surface area contributed by atoms with Gasteiger partial charge in [0, 0.05) is 5.56 Å². The van der Waals surface area contributed by atoms with Crippen LogP contribution in [0.1, 0.15) is 18.6 Å². The SMILES string of the molecule is C[C@H](O)c1cccc2c1OCCO2. The number of hydrogen-bond donors (Lipinski definition) is 1. The molecule has 0 aliphatic carbocycles. The Bertz CT molecular complexity index is 307. The Morgan fingerprint density at radius 1 is 1.31 bits per heavy atom. The van der Waals surface area contributed by atoms with Gasteiger partial charge in [0.05, 0.1) is 6.10 Å². The molecule has 0 radical (unpaired) electrons. The fraction of sp³-hybridized carbons (Fsp3) is 0.400. The first kappa shape index (κ1) is 8.38. The molecule has 1 aromatic rings. The first-order chi connectivity index (χ1) is 6.29. The van der Waals surface area contributed by atoms with Gasteiger partial charge < -0.3 is 14.6 Å². The molecular weight excluding hydrogens is 168 g/mol. The van der Waals surface area contributed by atoms with Gasteiger partial charge in [-0.15, -0.1) is 0 Å². The average molecular weight is 180 g/mol. The molecule has 1 heterocycles. The van der Waals surface area contributed by atoms with E-state index in [9.17, 15) is 5.11 Å². The van der Waals surface area contributed by atoms with Gasteiger partial charge in [0.15, 0.2) is 11.5 Å². The Morgan fingerprint density at radius 2 is 2.08 bits per heavy atom. The Hall–Kier alpha value is -1.22. The normalized spacial score (nSPS) is 16.8. The Kier molecular flexibility index (Phi) is 2.10. The van der Waals surface area contributed by atoms with E-state index in [0.29, 0.717) is 19.0 Å². The smallest absolute Gasteiger partial charge is 0.167 e. The second-order valence-corrected chi connectivity index (χ2v) is 3.05. The van der Waals surface area contributed by atoms with Crippen LogP contribution in [0, 0.1) is 0 Å². The van der Waals surface area contributed by atoms with Crippen LogP contribution < -0.4 is 9.47 Å². The molecule has 3 heteroatoms. The van der Waals surface area contributed by atoms with Crippen molar-refractivity contribution in [2.45, 2.75) is 13.0 Å². The van der Waals surface area contributed by atoms with Gasteiger partial charge in [0.1, 0.15) is 13.2 Å². The minimum atomic E-state index is -0.517. The molecule has 13 heavy (non-hydrogen) atoms. The van der Waals surface area contributed by atoms with Gasteiger partial charge in [-0.05, 0) is 13.0 Å². The molecule has 1 aliphatic rings. The predicted molar refractivity (Wildman–Crippen MR) is 48.1 cm³/mol. The molecule has 2 rings (SSSR count). The lowest BCUT2D eigenvalue weighted by molar-refractivity contribution is 0.153. The number of para-hydroxylation sites is 1. The third-order valence-corrected chi connectivity index (χ3v) is 2.05. The number of rotatable bonds is 1. The summed E-state index contributed by atoms with van der Waals surface area (Å²) >= 11 is 0. The van der Waals surface area contributed by atoms with Gasteiger partial charge in [-0.3, -0.25) is 0 Å². The van der Waals surface area contributed by atoms with Crippen LogP contribution in [0.3, 0.4) is 0 Å². The van der Waals surface area contributed by atoms with Crippen LogP contribution in [0.15, 0.2) is 18.2 Å². The van der Waals surface area contributed by atoms with Crippen LogP contribution in [-0.2, 0) is 0 Å². The molecule has 0 fully saturated rings. The number of aliphatic hydroxyl groups excluding tert-OH is 1.